The smallest absolute Gasteiger partial charge is 0.0433 e. The van der Waals surface area contributed by atoms with Crippen molar-refractivity contribution < 1.29 is 5.11 Å². The van der Waals surface area contributed by atoms with Gasteiger partial charge < -0.3 is 5.11 Å². The van der Waals surface area contributed by atoms with Crippen LogP contribution in [0.3, 0.4) is 0 Å². The fourth-order valence-electron chi connectivity index (χ4n) is 1.71. The minimum Gasteiger partial charge on any atom is -0.396 e. The summed E-state index contributed by atoms with van der Waals surface area (Å²) in [6.07, 6.45) is 6.07. The predicted molar refractivity (Wildman–Crippen MR) is 46.4 cm³/mol. The van der Waals surface area contributed by atoms with Gasteiger partial charge in [-0.2, -0.15) is 12.6 Å². The lowest BCUT2D eigenvalue weighted by atomic mass is 9.87. The Hall–Kier alpha value is 0.310. The Morgan fingerprint density at radius 3 is 2.80 bits per heavy atom. The van der Waals surface area contributed by atoms with Gasteiger partial charge in [-0.25, -0.2) is 0 Å². The molecule has 0 aliphatic heterocycles. The van der Waals surface area contributed by atoms with Gasteiger partial charge in [-0.3, -0.25) is 0 Å². The highest BCUT2D eigenvalue weighted by Crippen LogP contribution is 2.29. The fourth-order valence-corrected chi connectivity index (χ4v) is 2.19. The third kappa shape index (κ3) is 2.51. The van der Waals surface area contributed by atoms with E-state index in [4.69, 9.17) is 5.11 Å². The van der Waals surface area contributed by atoms with Gasteiger partial charge in [0, 0.05) is 11.9 Å². The number of aliphatic hydroxyl groups excluding tert-OH is 1. The molecule has 0 heterocycles. The summed E-state index contributed by atoms with van der Waals surface area (Å²) in [7, 11) is 0. The molecule has 0 radical (unpaired) electrons. The van der Waals surface area contributed by atoms with Crippen molar-refractivity contribution in [2.75, 3.05) is 6.61 Å². The van der Waals surface area contributed by atoms with Gasteiger partial charge in [0.15, 0.2) is 0 Å². The first-order chi connectivity index (χ1) is 4.83. The second-order valence-electron chi connectivity index (χ2n) is 3.20. The minimum atomic E-state index is 0.352. The Kier molecular flexibility index (Phi) is 3.57. The highest BCUT2D eigenvalue weighted by atomic mass is 32.1. The summed E-state index contributed by atoms with van der Waals surface area (Å²) in [5, 5.41) is 9.28. The summed E-state index contributed by atoms with van der Waals surface area (Å²) in [6, 6.07) is 0. The molecule has 1 nitrogen and oxygen atoms in total. The van der Waals surface area contributed by atoms with Crippen LogP contribution in [-0.2, 0) is 0 Å². The molecule has 0 aromatic heterocycles. The van der Waals surface area contributed by atoms with E-state index >= 15 is 0 Å². The van der Waals surface area contributed by atoms with Gasteiger partial charge in [-0.1, -0.05) is 12.8 Å². The van der Waals surface area contributed by atoms with Crippen molar-refractivity contribution in [3.8, 4) is 0 Å². The average molecular weight is 160 g/mol. The van der Waals surface area contributed by atoms with Crippen LogP contribution in [0.1, 0.15) is 32.1 Å². The maximum absolute atomic E-state index is 8.68. The normalized spacial score (nSPS) is 34.2. The zero-order valence-corrected chi connectivity index (χ0v) is 7.19. The van der Waals surface area contributed by atoms with E-state index in [9.17, 15) is 0 Å². The first kappa shape index (κ1) is 8.41. The minimum absolute atomic E-state index is 0.352. The molecule has 0 saturated heterocycles. The van der Waals surface area contributed by atoms with E-state index in [1.54, 1.807) is 0 Å². The zero-order valence-electron chi connectivity index (χ0n) is 6.29. The van der Waals surface area contributed by atoms with E-state index in [1.165, 1.54) is 25.7 Å². The molecule has 1 aliphatic rings. The maximum Gasteiger partial charge on any atom is 0.0433 e. The molecule has 1 aliphatic carbocycles. The summed E-state index contributed by atoms with van der Waals surface area (Å²) in [5.74, 6) is 0.751. The van der Waals surface area contributed by atoms with Crippen molar-refractivity contribution >= 4 is 12.6 Å². The van der Waals surface area contributed by atoms with E-state index in [1.807, 2.05) is 0 Å². The quantitative estimate of drug-likeness (QED) is 0.591. The summed E-state index contributed by atoms with van der Waals surface area (Å²) in [4.78, 5) is 0. The van der Waals surface area contributed by atoms with E-state index < -0.39 is 0 Å². The lowest BCUT2D eigenvalue weighted by Gasteiger charge is -2.25. The van der Waals surface area contributed by atoms with Crippen molar-refractivity contribution in [3.63, 3.8) is 0 Å². The van der Waals surface area contributed by atoms with Crippen molar-refractivity contribution in [2.24, 2.45) is 5.92 Å². The molecule has 0 bridgehead atoms. The molecule has 0 aromatic rings. The van der Waals surface area contributed by atoms with Crippen LogP contribution in [0.25, 0.3) is 0 Å². The fraction of sp³-hybridized carbons (Fsp3) is 1.00. The number of rotatable bonds is 2. The highest BCUT2D eigenvalue weighted by molar-refractivity contribution is 7.80. The molecule has 1 N–H and O–H groups in total. The van der Waals surface area contributed by atoms with E-state index in [2.05, 4.69) is 12.6 Å². The molecule has 2 heteroatoms. The number of aliphatic hydroxyl groups is 1. The van der Waals surface area contributed by atoms with Crippen LogP contribution in [0.2, 0.25) is 0 Å². The van der Waals surface area contributed by atoms with Crippen molar-refractivity contribution in [3.05, 3.63) is 0 Å². The van der Waals surface area contributed by atoms with Crippen LogP contribution in [0.4, 0.5) is 0 Å². The Bertz CT molecular complexity index is 93.3. The van der Waals surface area contributed by atoms with Gasteiger partial charge in [0.25, 0.3) is 0 Å². The summed E-state index contributed by atoms with van der Waals surface area (Å²) in [5.41, 5.74) is 0. The average Bonchev–Trinajstić information content (AvgIpc) is 1.88. The van der Waals surface area contributed by atoms with Gasteiger partial charge in [0.2, 0.25) is 0 Å². The van der Waals surface area contributed by atoms with Crippen molar-refractivity contribution in [1.82, 2.24) is 0 Å². The molecule has 2 atom stereocenters. The van der Waals surface area contributed by atoms with Crippen LogP contribution >= 0.6 is 12.6 Å². The molecule has 60 valence electrons. The van der Waals surface area contributed by atoms with Crippen LogP contribution in [0.15, 0.2) is 0 Å². The standard InChI is InChI=1S/C8H16OS/c9-5-4-7-2-1-3-8(10)6-7/h7-10H,1-6H2. The Morgan fingerprint density at radius 2 is 2.20 bits per heavy atom. The monoisotopic (exact) mass is 160 g/mol. The Labute approximate surface area is 68.2 Å². The molecule has 10 heavy (non-hydrogen) atoms. The number of thiol groups is 1. The van der Waals surface area contributed by atoms with Gasteiger partial charge in [0.05, 0.1) is 0 Å². The Morgan fingerprint density at radius 1 is 1.40 bits per heavy atom. The van der Waals surface area contributed by atoms with Gasteiger partial charge in [-0.05, 0) is 25.2 Å². The third-order valence-electron chi connectivity index (χ3n) is 2.29. The van der Waals surface area contributed by atoms with Crippen LogP contribution in [0, 0.1) is 5.92 Å². The van der Waals surface area contributed by atoms with E-state index in [0.717, 1.165) is 12.3 Å². The number of hydrogen-bond donors (Lipinski definition) is 2. The highest BCUT2D eigenvalue weighted by Gasteiger charge is 2.18. The van der Waals surface area contributed by atoms with Gasteiger partial charge in [-0.15, -0.1) is 0 Å². The van der Waals surface area contributed by atoms with Crippen LogP contribution in [-0.4, -0.2) is 17.0 Å². The number of hydrogen-bond acceptors (Lipinski definition) is 2. The first-order valence-corrected chi connectivity index (χ1v) is 4.63. The molecular weight excluding hydrogens is 144 g/mol. The molecule has 2 unspecified atom stereocenters. The Balaban J connectivity index is 2.18. The molecule has 1 rings (SSSR count). The molecule has 0 amide bonds. The molecule has 1 fully saturated rings. The first-order valence-electron chi connectivity index (χ1n) is 4.12. The summed E-state index contributed by atoms with van der Waals surface area (Å²) in [6.45, 7) is 0.352. The maximum atomic E-state index is 8.68. The van der Waals surface area contributed by atoms with Gasteiger partial charge in [0.1, 0.15) is 0 Å². The van der Waals surface area contributed by atoms with E-state index in [-0.39, 0.29) is 0 Å². The lowest BCUT2D eigenvalue weighted by molar-refractivity contribution is 0.232. The second-order valence-corrected chi connectivity index (χ2v) is 3.93. The van der Waals surface area contributed by atoms with Crippen molar-refractivity contribution in [2.45, 2.75) is 37.4 Å². The van der Waals surface area contributed by atoms with Crippen molar-refractivity contribution in [1.29, 1.82) is 0 Å². The molecular formula is C8H16OS. The SMILES string of the molecule is OCCC1CCCC(S)C1. The van der Waals surface area contributed by atoms with Crippen LogP contribution in [0.5, 0.6) is 0 Å². The molecule has 0 spiro atoms. The summed E-state index contributed by atoms with van der Waals surface area (Å²) >= 11 is 4.43. The zero-order chi connectivity index (χ0) is 7.40. The van der Waals surface area contributed by atoms with Gasteiger partial charge >= 0.3 is 0 Å². The second kappa shape index (κ2) is 4.24. The largest absolute Gasteiger partial charge is 0.396 e. The molecule has 1 saturated carbocycles. The molecule has 0 aromatic carbocycles. The lowest BCUT2D eigenvalue weighted by Crippen LogP contribution is -2.16. The third-order valence-corrected chi connectivity index (χ3v) is 2.76. The van der Waals surface area contributed by atoms with E-state index in [0.29, 0.717) is 11.9 Å². The predicted octanol–water partition coefficient (Wildman–Crippen LogP) is 1.86. The topological polar surface area (TPSA) is 20.2 Å². The summed E-state index contributed by atoms with van der Waals surface area (Å²) < 4.78 is 0. The van der Waals surface area contributed by atoms with Crippen LogP contribution < -0.4 is 0 Å².